The lowest BCUT2D eigenvalue weighted by Gasteiger charge is -2.34. The molecule has 0 radical (unpaired) electrons. The third kappa shape index (κ3) is 4.64. The smallest absolute Gasteiger partial charge is 0.359 e. The molecule has 26 heavy (non-hydrogen) atoms. The summed E-state index contributed by atoms with van der Waals surface area (Å²) in [5.41, 5.74) is -0.920. The molecule has 0 saturated carbocycles. The number of nitrogens with one attached hydrogen (secondary N) is 3. The molecule has 142 valence electrons. The Bertz CT molecular complexity index is 694. The molecule has 2 rings (SSSR count). The molecule has 0 spiro atoms. The van der Waals surface area contributed by atoms with Crippen LogP contribution in [0.25, 0.3) is 0 Å². The van der Waals surface area contributed by atoms with Crippen molar-refractivity contribution < 1.29 is 27.6 Å². The Morgan fingerprint density at radius 2 is 2.00 bits per heavy atom. The molecule has 1 aromatic rings. The molecule has 1 fully saturated rings. The van der Waals surface area contributed by atoms with Crippen molar-refractivity contribution in [3.63, 3.8) is 0 Å². The van der Waals surface area contributed by atoms with E-state index in [0.29, 0.717) is 0 Å². The zero-order valence-corrected chi connectivity index (χ0v) is 14.0. The molecule has 0 aromatic heterocycles. The molecule has 0 bridgehead atoms. The van der Waals surface area contributed by atoms with Gasteiger partial charge in [0.25, 0.3) is 0 Å². The number of urea groups is 1. The molecular weight excluding hydrogens is 353 g/mol. The fourth-order valence-electron chi connectivity index (χ4n) is 2.66. The number of piperazine rings is 1. The number of carbonyl (C=O) groups excluding carboxylic acids is 3. The molecule has 7 nitrogen and oxygen atoms in total. The number of alkyl halides is 3. The van der Waals surface area contributed by atoms with E-state index in [9.17, 15) is 27.6 Å². The minimum atomic E-state index is -4.53. The first-order valence-corrected chi connectivity index (χ1v) is 7.92. The Morgan fingerprint density at radius 3 is 2.65 bits per heavy atom. The number of nitrogens with zero attached hydrogens (tertiary/aromatic N) is 1. The monoisotopic (exact) mass is 372 g/mol. The van der Waals surface area contributed by atoms with Crippen molar-refractivity contribution in [1.29, 1.82) is 0 Å². The van der Waals surface area contributed by atoms with Gasteiger partial charge in [0.05, 0.1) is 12.0 Å². The summed E-state index contributed by atoms with van der Waals surface area (Å²) in [5.74, 6) is -0.905. The maximum Gasteiger partial charge on any atom is 0.416 e. The average Bonchev–Trinajstić information content (AvgIpc) is 2.60. The second-order valence-corrected chi connectivity index (χ2v) is 5.69. The summed E-state index contributed by atoms with van der Waals surface area (Å²) in [5, 5.41) is 7.33. The third-order valence-electron chi connectivity index (χ3n) is 4.00. The van der Waals surface area contributed by atoms with Gasteiger partial charge < -0.3 is 20.9 Å². The van der Waals surface area contributed by atoms with Crippen LogP contribution in [0.5, 0.6) is 0 Å². The number of amides is 4. The van der Waals surface area contributed by atoms with E-state index in [0.717, 1.165) is 11.0 Å². The van der Waals surface area contributed by atoms with Crippen LogP contribution in [0, 0.1) is 0 Å². The van der Waals surface area contributed by atoms with Crippen LogP contribution in [0.4, 0.5) is 18.0 Å². The van der Waals surface area contributed by atoms with E-state index in [1.54, 1.807) is 0 Å². The fourth-order valence-corrected chi connectivity index (χ4v) is 2.66. The second-order valence-electron chi connectivity index (χ2n) is 5.69. The highest BCUT2D eigenvalue weighted by Gasteiger charge is 2.35. The normalized spacial score (nSPS) is 17.5. The highest BCUT2D eigenvalue weighted by molar-refractivity contribution is 5.92. The molecule has 0 aliphatic carbocycles. The van der Waals surface area contributed by atoms with E-state index in [4.69, 9.17) is 0 Å². The third-order valence-corrected chi connectivity index (χ3v) is 4.00. The van der Waals surface area contributed by atoms with Gasteiger partial charge in [-0.25, -0.2) is 4.79 Å². The summed E-state index contributed by atoms with van der Waals surface area (Å²) in [4.78, 5) is 37.0. The second kappa shape index (κ2) is 8.07. The Morgan fingerprint density at radius 1 is 1.31 bits per heavy atom. The number of halogens is 3. The van der Waals surface area contributed by atoms with Gasteiger partial charge in [0.1, 0.15) is 6.04 Å². The Hall–Kier alpha value is -2.78. The number of hydrogen-bond acceptors (Lipinski definition) is 3. The minimum Gasteiger partial charge on any atom is -0.359 e. The van der Waals surface area contributed by atoms with Crippen LogP contribution in [0.3, 0.4) is 0 Å². The van der Waals surface area contributed by atoms with E-state index in [1.165, 1.54) is 25.2 Å². The van der Waals surface area contributed by atoms with Gasteiger partial charge in [0, 0.05) is 26.7 Å². The fraction of sp³-hybridized carbons (Fsp3) is 0.438. The van der Waals surface area contributed by atoms with E-state index < -0.39 is 35.6 Å². The molecule has 1 aromatic carbocycles. The zero-order valence-electron chi connectivity index (χ0n) is 14.0. The lowest BCUT2D eigenvalue weighted by Crippen LogP contribution is -2.60. The predicted octanol–water partition coefficient (Wildman–Crippen LogP) is 0.852. The largest absolute Gasteiger partial charge is 0.416 e. The maximum absolute atomic E-state index is 13.0. The van der Waals surface area contributed by atoms with Crippen LogP contribution in [-0.2, 0) is 22.3 Å². The highest BCUT2D eigenvalue weighted by atomic mass is 19.4. The summed E-state index contributed by atoms with van der Waals surface area (Å²) in [7, 11) is 1.40. The SMILES string of the molecule is CNC(=O)CC1C(=O)NCCN1C(=O)NCc1ccccc1C(F)(F)F. The number of rotatable bonds is 4. The molecule has 4 amide bonds. The van der Waals surface area contributed by atoms with Crippen molar-refractivity contribution in [2.45, 2.75) is 25.2 Å². The Kier molecular flexibility index (Phi) is 6.06. The Labute approximate surface area is 147 Å². The summed E-state index contributed by atoms with van der Waals surface area (Å²) < 4.78 is 39.0. The molecule has 1 aliphatic heterocycles. The molecule has 1 unspecified atom stereocenters. The van der Waals surface area contributed by atoms with Crippen molar-refractivity contribution in [3.8, 4) is 0 Å². The van der Waals surface area contributed by atoms with Crippen molar-refractivity contribution in [1.82, 2.24) is 20.9 Å². The van der Waals surface area contributed by atoms with Gasteiger partial charge in [-0.3, -0.25) is 9.59 Å². The number of carbonyl (C=O) groups is 3. The maximum atomic E-state index is 13.0. The van der Waals surface area contributed by atoms with Gasteiger partial charge in [0.2, 0.25) is 11.8 Å². The molecule has 1 atom stereocenters. The van der Waals surface area contributed by atoms with E-state index in [1.807, 2.05) is 0 Å². The van der Waals surface area contributed by atoms with E-state index in [-0.39, 0.29) is 31.6 Å². The van der Waals surface area contributed by atoms with E-state index >= 15 is 0 Å². The summed E-state index contributed by atoms with van der Waals surface area (Å²) in [6, 6.07) is 3.20. The molecule has 10 heteroatoms. The van der Waals surface area contributed by atoms with Crippen LogP contribution < -0.4 is 16.0 Å². The van der Waals surface area contributed by atoms with Crippen LogP contribution in [0.2, 0.25) is 0 Å². The zero-order chi connectivity index (χ0) is 19.3. The van der Waals surface area contributed by atoms with Gasteiger partial charge in [-0.2, -0.15) is 13.2 Å². The first kappa shape index (κ1) is 19.5. The van der Waals surface area contributed by atoms with Crippen molar-refractivity contribution in [3.05, 3.63) is 35.4 Å². The highest BCUT2D eigenvalue weighted by Crippen LogP contribution is 2.31. The first-order valence-electron chi connectivity index (χ1n) is 7.92. The topological polar surface area (TPSA) is 90.5 Å². The van der Waals surface area contributed by atoms with E-state index in [2.05, 4.69) is 16.0 Å². The molecule has 1 saturated heterocycles. The van der Waals surface area contributed by atoms with Gasteiger partial charge in [-0.05, 0) is 11.6 Å². The van der Waals surface area contributed by atoms with Crippen molar-refractivity contribution >= 4 is 17.8 Å². The number of benzene rings is 1. The number of hydrogen-bond donors (Lipinski definition) is 3. The minimum absolute atomic E-state index is 0.0855. The molecular formula is C16H19F3N4O3. The summed E-state index contributed by atoms with van der Waals surface area (Å²) >= 11 is 0. The Balaban J connectivity index is 2.09. The van der Waals surface area contributed by atoms with Gasteiger partial charge in [-0.1, -0.05) is 18.2 Å². The van der Waals surface area contributed by atoms with Crippen LogP contribution >= 0.6 is 0 Å². The first-order chi connectivity index (χ1) is 12.2. The van der Waals surface area contributed by atoms with Crippen molar-refractivity contribution in [2.24, 2.45) is 0 Å². The lowest BCUT2D eigenvalue weighted by molar-refractivity contribution is -0.138. The van der Waals surface area contributed by atoms with Gasteiger partial charge in [0.15, 0.2) is 0 Å². The summed E-state index contributed by atoms with van der Waals surface area (Å²) in [6.45, 7) is 0.00904. The standard InChI is InChI=1S/C16H19F3N4O3/c1-20-13(24)8-12-14(25)21-6-7-23(12)15(26)22-9-10-4-2-3-5-11(10)16(17,18)19/h2-5,12H,6-9H2,1H3,(H,20,24)(H,21,25)(H,22,26). The molecule has 1 heterocycles. The van der Waals surface area contributed by atoms with Crippen LogP contribution in [-0.4, -0.2) is 48.9 Å². The van der Waals surface area contributed by atoms with Crippen LogP contribution in [0.1, 0.15) is 17.5 Å². The average molecular weight is 372 g/mol. The van der Waals surface area contributed by atoms with Crippen molar-refractivity contribution in [2.75, 3.05) is 20.1 Å². The van der Waals surface area contributed by atoms with Crippen LogP contribution in [0.15, 0.2) is 24.3 Å². The molecule has 1 aliphatic rings. The lowest BCUT2D eigenvalue weighted by atomic mass is 10.1. The predicted molar refractivity (Wildman–Crippen MR) is 85.9 cm³/mol. The quantitative estimate of drug-likeness (QED) is 0.732. The molecule has 3 N–H and O–H groups in total. The van der Waals surface area contributed by atoms with Gasteiger partial charge >= 0.3 is 12.2 Å². The summed E-state index contributed by atoms with van der Waals surface area (Å²) in [6.07, 6.45) is -4.76. The van der Waals surface area contributed by atoms with Gasteiger partial charge in [-0.15, -0.1) is 0 Å².